The zero-order valence-electron chi connectivity index (χ0n) is 8.61. The summed E-state index contributed by atoms with van der Waals surface area (Å²) in [4.78, 5) is 12.0. The highest BCUT2D eigenvalue weighted by molar-refractivity contribution is 5.88. The number of Topliss-reactive ketones (excluding diaryl/α,β-unsaturated/α-hetero) is 1. The highest BCUT2D eigenvalue weighted by atomic mass is 16.5. The van der Waals surface area contributed by atoms with Gasteiger partial charge in [-0.25, -0.2) is 0 Å². The van der Waals surface area contributed by atoms with Crippen LogP contribution in [0.25, 0.3) is 0 Å². The zero-order valence-corrected chi connectivity index (χ0v) is 8.61. The quantitative estimate of drug-likeness (QED) is 0.735. The molecule has 2 nitrogen and oxygen atoms in total. The van der Waals surface area contributed by atoms with E-state index < -0.39 is 0 Å². The fourth-order valence-electron chi connectivity index (χ4n) is 2.21. The Bertz CT molecular complexity index is 393. The standard InChI is InChI=1S/C13H14O2/c14-12(10-5-6-10)13-11-4-2-1-3-9(11)7-8-15-13/h1-4,10,13H,5-8H2. The van der Waals surface area contributed by atoms with Gasteiger partial charge in [0, 0.05) is 5.92 Å². The predicted octanol–water partition coefficient (Wildman–Crippen LogP) is 2.28. The summed E-state index contributed by atoms with van der Waals surface area (Å²) >= 11 is 0. The topological polar surface area (TPSA) is 26.3 Å². The molecule has 1 unspecified atom stereocenters. The van der Waals surface area contributed by atoms with Gasteiger partial charge in [0.15, 0.2) is 5.78 Å². The van der Waals surface area contributed by atoms with Gasteiger partial charge in [-0.3, -0.25) is 4.79 Å². The summed E-state index contributed by atoms with van der Waals surface area (Å²) in [5.41, 5.74) is 2.38. The fourth-order valence-corrected chi connectivity index (χ4v) is 2.21. The van der Waals surface area contributed by atoms with Crippen molar-refractivity contribution in [2.45, 2.75) is 25.4 Å². The van der Waals surface area contributed by atoms with E-state index in [2.05, 4.69) is 6.07 Å². The molecule has 0 saturated heterocycles. The van der Waals surface area contributed by atoms with E-state index in [4.69, 9.17) is 4.74 Å². The van der Waals surface area contributed by atoms with E-state index in [1.54, 1.807) is 0 Å². The third-order valence-corrected chi connectivity index (χ3v) is 3.23. The Hall–Kier alpha value is -1.15. The summed E-state index contributed by atoms with van der Waals surface area (Å²) in [6, 6.07) is 8.15. The van der Waals surface area contributed by atoms with E-state index in [9.17, 15) is 4.79 Å². The van der Waals surface area contributed by atoms with Gasteiger partial charge in [0.05, 0.1) is 6.61 Å². The lowest BCUT2D eigenvalue weighted by molar-refractivity contribution is -0.133. The second-order valence-electron chi connectivity index (χ2n) is 4.38. The number of carbonyl (C=O) groups is 1. The van der Waals surface area contributed by atoms with E-state index in [-0.39, 0.29) is 12.0 Å². The van der Waals surface area contributed by atoms with Gasteiger partial charge in [0.25, 0.3) is 0 Å². The van der Waals surface area contributed by atoms with Gasteiger partial charge in [-0.15, -0.1) is 0 Å². The van der Waals surface area contributed by atoms with Crippen LogP contribution in [0, 0.1) is 5.92 Å². The fraction of sp³-hybridized carbons (Fsp3) is 0.462. The molecule has 0 radical (unpaired) electrons. The molecular formula is C13H14O2. The lowest BCUT2D eigenvalue weighted by Crippen LogP contribution is -2.24. The number of hydrogen-bond acceptors (Lipinski definition) is 2. The Labute approximate surface area is 89.2 Å². The van der Waals surface area contributed by atoms with Crippen LogP contribution >= 0.6 is 0 Å². The smallest absolute Gasteiger partial charge is 0.169 e. The van der Waals surface area contributed by atoms with Crippen LogP contribution in [-0.4, -0.2) is 12.4 Å². The average molecular weight is 202 g/mol. The molecule has 2 aliphatic rings. The molecule has 0 spiro atoms. The van der Waals surface area contributed by atoms with Gasteiger partial charge in [0.1, 0.15) is 6.10 Å². The minimum atomic E-state index is -0.276. The molecule has 0 bridgehead atoms. The molecule has 0 aromatic heterocycles. The van der Waals surface area contributed by atoms with Crippen molar-refractivity contribution >= 4 is 5.78 Å². The normalized spacial score (nSPS) is 24.7. The van der Waals surface area contributed by atoms with Crippen molar-refractivity contribution in [3.05, 3.63) is 35.4 Å². The maximum absolute atomic E-state index is 12.0. The average Bonchev–Trinajstić information content (AvgIpc) is 3.11. The van der Waals surface area contributed by atoms with Crippen LogP contribution in [0.15, 0.2) is 24.3 Å². The highest BCUT2D eigenvalue weighted by Crippen LogP contribution is 2.38. The Morgan fingerprint density at radius 1 is 1.27 bits per heavy atom. The van der Waals surface area contributed by atoms with Crippen LogP contribution in [0.2, 0.25) is 0 Å². The molecule has 1 aromatic carbocycles. The van der Waals surface area contributed by atoms with Crippen LogP contribution in [0.4, 0.5) is 0 Å². The number of ether oxygens (including phenoxy) is 1. The van der Waals surface area contributed by atoms with Crippen molar-refractivity contribution in [3.63, 3.8) is 0 Å². The van der Waals surface area contributed by atoms with E-state index in [0.717, 1.165) is 24.8 Å². The number of carbonyl (C=O) groups excluding carboxylic acids is 1. The third kappa shape index (κ3) is 1.59. The first-order valence-electron chi connectivity index (χ1n) is 5.59. The minimum Gasteiger partial charge on any atom is -0.365 e. The van der Waals surface area contributed by atoms with Crippen LogP contribution in [0.5, 0.6) is 0 Å². The summed E-state index contributed by atoms with van der Waals surface area (Å²) in [5.74, 6) is 0.573. The molecule has 2 heteroatoms. The van der Waals surface area contributed by atoms with Crippen LogP contribution in [0.3, 0.4) is 0 Å². The summed E-state index contributed by atoms with van der Waals surface area (Å²) < 4.78 is 5.62. The maximum Gasteiger partial charge on any atom is 0.169 e. The SMILES string of the molecule is O=C(C1CC1)C1OCCc2ccccc21. The van der Waals surface area contributed by atoms with E-state index >= 15 is 0 Å². The molecule has 1 aromatic rings. The van der Waals surface area contributed by atoms with Crippen LogP contribution in [0.1, 0.15) is 30.1 Å². The van der Waals surface area contributed by atoms with E-state index in [1.807, 2.05) is 18.2 Å². The lowest BCUT2D eigenvalue weighted by Gasteiger charge is -2.24. The first kappa shape index (κ1) is 9.10. The second-order valence-corrected chi connectivity index (χ2v) is 4.38. The molecule has 0 N–H and O–H groups in total. The summed E-state index contributed by atoms with van der Waals surface area (Å²) in [5, 5.41) is 0. The minimum absolute atomic E-state index is 0.276. The van der Waals surface area contributed by atoms with Crippen LogP contribution < -0.4 is 0 Å². The van der Waals surface area contributed by atoms with Gasteiger partial charge < -0.3 is 4.74 Å². The summed E-state index contributed by atoms with van der Waals surface area (Å²) in [6.07, 6.45) is 2.77. The predicted molar refractivity (Wildman–Crippen MR) is 56.6 cm³/mol. The lowest BCUT2D eigenvalue weighted by atomic mass is 9.94. The molecular weight excluding hydrogens is 188 g/mol. The van der Waals surface area contributed by atoms with Crippen molar-refractivity contribution in [1.29, 1.82) is 0 Å². The Morgan fingerprint density at radius 3 is 2.87 bits per heavy atom. The molecule has 0 amide bonds. The van der Waals surface area contributed by atoms with Gasteiger partial charge >= 0.3 is 0 Å². The van der Waals surface area contributed by atoms with E-state index in [0.29, 0.717) is 12.4 Å². The first-order chi connectivity index (χ1) is 7.36. The third-order valence-electron chi connectivity index (χ3n) is 3.23. The van der Waals surface area contributed by atoms with E-state index in [1.165, 1.54) is 5.56 Å². The van der Waals surface area contributed by atoms with Crippen molar-refractivity contribution in [2.24, 2.45) is 5.92 Å². The van der Waals surface area contributed by atoms with Crippen molar-refractivity contribution < 1.29 is 9.53 Å². The molecule has 1 heterocycles. The van der Waals surface area contributed by atoms with Gasteiger partial charge in [0.2, 0.25) is 0 Å². The second kappa shape index (κ2) is 3.46. The molecule has 1 fully saturated rings. The Balaban J connectivity index is 1.94. The molecule has 1 aliphatic carbocycles. The largest absolute Gasteiger partial charge is 0.365 e. The number of hydrogen-bond donors (Lipinski definition) is 0. The number of ketones is 1. The number of benzene rings is 1. The van der Waals surface area contributed by atoms with Crippen molar-refractivity contribution in [2.75, 3.05) is 6.61 Å². The monoisotopic (exact) mass is 202 g/mol. The molecule has 3 rings (SSSR count). The number of rotatable bonds is 2. The molecule has 1 saturated carbocycles. The summed E-state index contributed by atoms with van der Waals surface area (Å²) in [7, 11) is 0. The zero-order chi connectivity index (χ0) is 10.3. The Kier molecular flexibility index (Phi) is 2.10. The molecule has 15 heavy (non-hydrogen) atoms. The van der Waals surface area contributed by atoms with Gasteiger partial charge in [-0.1, -0.05) is 24.3 Å². The number of fused-ring (bicyclic) bond motifs is 1. The van der Waals surface area contributed by atoms with Crippen LogP contribution in [-0.2, 0) is 16.0 Å². The molecule has 78 valence electrons. The highest BCUT2D eigenvalue weighted by Gasteiger charge is 2.37. The molecule has 1 atom stereocenters. The first-order valence-corrected chi connectivity index (χ1v) is 5.59. The molecule has 1 aliphatic heterocycles. The van der Waals surface area contributed by atoms with Gasteiger partial charge in [-0.2, -0.15) is 0 Å². The summed E-state index contributed by atoms with van der Waals surface area (Å²) in [6.45, 7) is 0.681. The van der Waals surface area contributed by atoms with Crippen molar-refractivity contribution in [3.8, 4) is 0 Å². The van der Waals surface area contributed by atoms with Gasteiger partial charge in [-0.05, 0) is 30.4 Å². The Morgan fingerprint density at radius 2 is 2.07 bits per heavy atom. The maximum atomic E-state index is 12.0. The van der Waals surface area contributed by atoms with Crippen molar-refractivity contribution in [1.82, 2.24) is 0 Å².